The van der Waals surface area contributed by atoms with Crippen LogP contribution in [-0.4, -0.2) is 28.7 Å². The molecule has 0 unspecified atom stereocenters. The number of hydrogen-bond donors (Lipinski definition) is 1. The molecule has 0 radical (unpaired) electrons. The minimum Gasteiger partial charge on any atom is -0.368 e. The van der Waals surface area contributed by atoms with Crippen LogP contribution in [0.3, 0.4) is 0 Å². The maximum Gasteiger partial charge on any atom is 0.241 e. The molecule has 118 valence electrons. The van der Waals surface area contributed by atoms with Crippen LogP contribution in [0.1, 0.15) is 12.0 Å². The summed E-state index contributed by atoms with van der Waals surface area (Å²) in [5.41, 5.74) is 6.41. The number of imide groups is 1. The molecule has 1 aromatic carbocycles. The van der Waals surface area contributed by atoms with Gasteiger partial charge in [0.1, 0.15) is 6.04 Å². The SMILES string of the molecule is NC(=O)[C@@H](Cc1ccccc1)N1C(=O)[C@@H]2[C@H](C1=O)[C@H]1C=C[C@H]2C1. The summed E-state index contributed by atoms with van der Waals surface area (Å²) in [5.74, 6) is -1.40. The van der Waals surface area contributed by atoms with Crippen molar-refractivity contribution in [1.82, 2.24) is 4.90 Å². The average molecular weight is 310 g/mol. The highest BCUT2D eigenvalue weighted by atomic mass is 16.2. The van der Waals surface area contributed by atoms with Gasteiger partial charge in [0, 0.05) is 6.42 Å². The van der Waals surface area contributed by atoms with Crippen molar-refractivity contribution in [1.29, 1.82) is 0 Å². The third kappa shape index (κ3) is 2.03. The molecule has 0 spiro atoms. The molecule has 5 atom stereocenters. The van der Waals surface area contributed by atoms with Crippen molar-refractivity contribution in [3.05, 3.63) is 48.0 Å². The van der Waals surface area contributed by atoms with Gasteiger partial charge in [0.05, 0.1) is 11.8 Å². The van der Waals surface area contributed by atoms with Crippen LogP contribution in [0.2, 0.25) is 0 Å². The number of primary amides is 1. The van der Waals surface area contributed by atoms with Crippen LogP contribution < -0.4 is 5.73 Å². The molecular formula is C18H18N2O3. The second-order valence-corrected chi connectivity index (χ2v) is 6.65. The number of rotatable bonds is 4. The highest BCUT2D eigenvalue weighted by Gasteiger charge is 2.60. The Labute approximate surface area is 134 Å². The number of nitrogens with zero attached hydrogens (tertiary/aromatic N) is 1. The molecule has 2 bridgehead atoms. The van der Waals surface area contributed by atoms with Crippen LogP contribution in [-0.2, 0) is 20.8 Å². The fourth-order valence-corrected chi connectivity index (χ4v) is 4.39. The Morgan fingerprint density at radius 2 is 1.65 bits per heavy atom. The Morgan fingerprint density at radius 1 is 1.09 bits per heavy atom. The van der Waals surface area contributed by atoms with Crippen LogP contribution in [0.5, 0.6) is 0 Å². The van der Waals surface area contributed by atoms with Gasteiger partial charge in [-0.05, 0) is 23.8 Å². The number of allylic oxidation sites excluding steroid dienone is 2. The van der Waals surface area contributed by atoms with E-state index >= 15 is 0 Å². The molecule has 2 fully saturated rings. The van der Waals surface area contributed by atoms with Crippen LogP contribution in [0.15, 0.2) is 42.5 Å². The number of likely N-dealkylation sites (tertiary alicyclic amines) is 1. The fraction of sp³-hybridized carbons (Fsp3) is 0.389. The third-order valence-corrected chi connectivity index (χ3v) is 5.42. The lowest BCUT2D eigenvalue weighted by molar-refractivity contribution is -0.147. The van der Waals surface area contributed by atoms with Gasteiger partial charge in [-0.3, -0.25) is 19.3 Å². The molecule has 5 heteroatoms. The van der Waals surface area contributed by atoms with E-state index in [1.807, 2.05) is 42.5 Å². The summed E-state index contributed by atoms with van der Waals surface area (Å²) < 4.78 is 0. The first-order valence-electron chi connectivity index (χ1n) is 7.96. The summed E-state index contributed by atoms with van der Waals surface area (Å²) in [6.07, 6.45) is 5.23. The van der Waals surface area contributed by atoms with Crippen LogP contribution in [0.25, 0.3) is 0 Å². The molecule has 1 aromatic rings. The maximum atomic E-state index is 12.8. The minimum atomic E-state index is -0.901. The number of benzene rings is 1. The van der Waals surface area contributed by atoms with Gasteiger partial charge in [-0.25, -0.2) is 0 Å². The zero-order valence-electron chi connectivity index (χ0n) is 12.6. The lowest BCUT2D eigenvalue weighted by atomic mass is 9.85. The van der Waals surface area contributed by atoms with E-state index in [0.717, 1.165) is 16.9 Å². The first kappa shape index (κ1) is 14.2. The maximum absolute atomic E-state index is 12.8. The largest absolute Gasteiger partial charge is 0.368 e. The van der Waals surface area contributed by atoms with Gasteiger partial charge < -0.3 is 5.73 Å². The molecule has 2 N–H and O–H groups in total. The molecule has 4 rings (SSSR count). The lowest BCUT2D eigenvalue weighted by Gasteiger charge is -2.25. The molecule has 3 aliphatic rings. The first-order valence-corrected chi connectivity index (χ1v) is 7.96. The monoisotopic (exact) mass is 310 g/mol. The van der Waals surface area contributed by atoms with Gasteiger partial charge in [-0.2, -0.15) is 0 Å². The Morgan fingerprint density at radius 3 is 2.17 bits per heavy atom. The predicted molar refractivity (Wildman–Crippen MR) is 82.7 cm³/mol. The molecule has 1 aliphatic heterocycles. The third-order valence-electron chi connectivity index (χ3n) is 5.42. The van der Waals surface area contributed by atoms with Crippen molar-refractivity contribution in [2.45, 2.75) is 18.9 Å². The Kier molecular flexibility index (Phi) is 3.11. The zero-order chi connectivity index (χ0) is 16.1. The van der Waals surface area contributed by atoms with Crippen molar-refractivity contribution in [3.8, 4) is 0 Å². The predicted octanol–water partition coefficient (Wildman–Crippen LogP) is 0.890. The summed E-state index contributed by atoms with van der Waals surface area (Å²) >= 11 is 0. The van der Waals surface area contributed by atoms with Crippen molar-refractivity contribution < 1.29 is 14.4 Å². The minimum absolute atomic E-state index is 0.136. The van der Waals surface area contributed by atoms with Gasteiger partial charge in [0.15, 0.2) is 0 Å². The lowest BCUT2D eigenvalue weighted by Crippen LogP contribution is -2.50. The number of carbonyl (C=O) groups excluding carboxylic acids is 3. The van der Waals surface area contributed by atoms with Gasteiger partial charge in [0.25, 0.3) is 0 Å². The van der Waals surface area contributed by atoms with E-state index in [9.17, 15) is 14.4 Å². The van der Waals surface area contributed by atoms with Gasteiger partial charge >= 0.3 is 0 Å². The molecule has 1 saturated carbocycles. The fourth-order valence-electron chi connectivity index (χ4n) is 4.39. The van der Waals surface area contributed by atoms with E-state index in [1.165, 1.54) is 0 Å². The second-order valence-electron chi connectivity index (χ2n) is 6.65. The smallest absolute Gasteiger partial charge is 0.241 e. The summed E-state index contributed by atoms with van der Waals surface area (Å²) in [7, 11) is 0. The van der Waals surface area contributed by atoms with Crippen molar-refractivity contribution in [2.75, 3.05) is 0 Å². The Bertz CT molecular complexity index is 682. The zero-order valence-corrected chi connectivity index (χ0v) is 12.6. The number of nitrogens with two attached hydrogens (primary N) is 1. The van der Waals surface area contributed by atoms with Gasteiger partial charge in [-0.1, -0.05) is 42.5 Å². The molecule has 1 heterocycles. The van der Waals surface area contributed by atoms with Crippen molar-refractivity contribution >= 4 is 17.7 Å². The molecule has 2 aliphatic carbocycles. The van der Waals surface area contributed by atoms with Crippen LogP contribution in [0.4, 0.5) is 0 Å². The van der Waals surface area contributed by atoms with Crippen LogP contribution in [0, 0.1) is 23.7 Å². The average Bonchev–Trinajstić information content (AvgIpc) is 3.21. The summed E-state index contributed by atoms with van der Waals surface area (Å²) in [6, 6.07) is 8.44. The van der Waals surface area contributed by atoms with Gasteiger partial charge in [0.2, 0.25) is 17.7 Å². The Hall–Kier alpha value is -2.43. The van der Waals surface area contributed by atoms with E-state index in [0.29, 0.717) is 0 Å². The van der Waals surface area contributed by atoms with E-state index < -0.39 is 11.9 Å². The molecule has 23 heavy (non-hydrogen) atoms. The van der Waals surface area contributed by atoms with Crippen molar-refractivity contribution in [2.24, 2.45) is 29.4 Å². The van der Waals surface area contributed by atoms with E-state index in [4.69, 9.17) is 5.73 Å². The number of amides is 3. The quantitative estimate of drug-likeness (QED) is 0.662. The van der Waals surface area contributed by atoms with Crippen LogP contribution >= 0.6 is 0 Å². The standard InChI is InChI=1S/C18H18N2O3/c19-16(21)13(8-10-4-2-1-3-5-10)20-17(22)14-11-6-7-12(9-11)15(14)18(20)23/h1-7,11-15H,8-9H2,(H2,19,21)/t11-,12-,13+,14-,15+/m0/s1. The molecular weight excluding hydrogens is 292 g/mol. The highest BCUT2D eigenvalue weighted by Crippen LogP contribution is 2.52. The number of fused-ring (bicyclic) bond motifs is 5. The summed E-state index contributed by atoms with van der Waals surface area (Å²) in [5, 5.41) is 0. The second kappa shape index (κ2) is 5.05. The molecule has 3 amide bonds. The summed E-state index contributed by atoms with van der Waals surface area (Å²) in [4.78, 5) is 38.7. The topological polar surface area (TPSA) is 80.5 Å². The Balaban J connectivity index is 1.64. The summed E-state index contributed by atoms with van der Waals surface area (Å²) in [6.45, 7) is 0. The van der Waals surface area contributed by atoms with E-state index in [2.05, 4.69) is 0 Å². The number of carbonyl (C=O) groups is 3. The molecule has 5 nitrogen and oxygen atoms in total. The van der Waals surface area contributed by atoms with E-state index in [1.54, 1.807) is 0 Å². The molecule has 1 saturated heterocycles. The van der Waals surface area contributed by atoms with E-state index in [-0.39, 0.29) is 41.9 Å². The normalized spacial score (nSPS) is 32.4. The number of hydrogen-bond acceptors (Lipinski definition) is 3. The molecule has 0 aromatic heterocycles. The first-order chi connectivity index (χ1) is 11.1. The van der Waals surface area contributed by atoms with Crippen molar-refractivity contribution in [3.63, 3.8) is 0 Å². The van der Waals surface area contributed by atoms with Gasteiger partial charge in [-0.15, -0.1) is 0 Å². The highest BCUT2D eigenvalue weighted by molar-refractivity contribution is 6.09.